The maximum absolute atomic E-state index is 11.6. The third kappa shape index (κ3) is 19.7. The van der Waals surface area contributed by atoms with Crippen LogP contribution in [0, 0.1) is 0 Å². The number of fused-ring (bicyclic) bond motifs is 2. The van der Waals surface area contributed by atoms with E-state index in [1.165, 1.54) is 128 Å². The van der Waals surface area contributed by atoms with Crippen LogP contribution in [0.5, 0.6) is 0 Å². The van der Waals surface area contributed by atoms with Gasteiger partial charge in [-0.2, -0.15) is 0 Å². The monoisotopic (exact) mass is 818 g/mol. The zero-order chi connectivity index (χ0) is 39.1. The van der Waals surface area contributed by atoms with Crippen LogP contribution < -0.4 is 0 Å². The van der Waals surface area contributed by atoms with Gasteiger partial charge in [0.1, 0.15) is 20.2 Å². The minimum Gasteiger partial charge on any atom is -0.744 e. The van der Waals surface area contributed by atoms with Crippen molar-refractivity contribution in [2.24, 2.45) is 0 Å². The number of unbranched alkanes of at least 4 members (excludes halogenated alkanes) is 20. The van der Waals surface area contributed by atoms with E-state index in [9.17, 15) is 25.9 Å². The Morgan fingerprint density at radius 3 is 0.873 bits per heavy atom. The van der Waals surface area contributed by atoms with E-state index in [0.29, 0.717) is 24.0 Å². The molecular weight excluding hydrogens is 753 g/mol. The SMILES string of the molecule is CCCCCCCCCCCCCc1cc2ccccc2cc1S(=O)(=O)[O-].CCCCCCCCCCCCCc1cc2ccccc2cc1S(=O)(=O)[O-].[Ca+2]. The molecule has 0 radical (unpaired) electrons. The number of aryl methyl sites for hydroxylation is 2. The van der Waals surface area contributed by atoms with Crippen LogP contribution in [0.2, 0.25) is 0 Å². The fraction of sp³-hybridized carbons (Fsp3) is 0.565. The van der Waals surface area contributed by atoms with Gasteiger partial charge < -0.3 is 9.11 Å². The summed E-state index contributed by atoms with van der Waals surface area (Å²) in [6, 6.07) is 22.0. The quantitative estimate of drug-likeness (QED) is 0.0354. The first-order chi connectivity index (χ1) is 26.0. The Kier molecular flexibility index (Phi) is 25.3. The summed E-state index contributed by atoms with van der Waals surface area (Å²) in [4.78, 5) is -0.0958. The van der Waals surface area contributed by atoms with Gasteiger partial charge in [0, 0.05) is 0 Å². The minimum atomic E-state index is -4.44. The van der Waals surface area contributed by atoms with E-state index in [1.54, 1.807) is 0 Å². The van der Waals surface area contributed by atoms with Gasteiger partial charge in [-0.25, -0.2) is 16.8 Å². The van der Waals surface area contributed by atoms with Gasteiger partial charge in [0.2, 0.25) is 0 Å². The van der Waals surface area contributed by atoms with Crippen molar-refractivity contribution in [2.75, 3.05) is 0 Å². The van der Waals surface area contributed by atoms with E-state index in [1.807, 2.05) is 60.7 Å². The van der Waals surface area contributed by atoms with Crippen LogP contribution in [0.3, 0.4) is 0 Å². The predicted molar refractivity (Wildman–Crippen MR) is 230 cm³/mol. The molecule has 0 aliphatic heterocycles. The maximum atomic E-state index is 11.6. The predicted octanol–water partition coefficient (Wildman–Crippen LogP) is 12.8. The minimum absolute atomic E-state index is 0. The van der Waals surface area contributed by atoms with Crippen molar-refractivity contribution in [3.05, 3.63) is 83.9 Å². The van der Waals surface area contributed by atoms with Gasteiger partial charge in [-0.05, 0) is 82.6 Å². The zero-order valence-corrected chi connectivity index (χ0v) is 37.7. The van der Waals surface area contributed by atoms with E-state index >= 15 is 0 Å². The Morgan fingerprint density at radius 2 is 0.618 bits per heavy atom. The van der Waals surface area contributed by atoms with Crippen LogP contribution in [-0.2, 0) is 33.1 Å². The van der Waals surface area contributed by atoms with E-state index in [2.05, 4.69) is 13.8 Å². The first kappa shape index (κ1) is 49.6. The molecular formula is C46H66CaO6S2. The smallest absolute Gasteiger partial charge is 0.744 e. The van der Waals surface area contributed by atoms with Crippen LogP contribution in [0.15, 0.2) is 82.6 Å². The van der Waals surface area contributed by atoms with Crippen molar-refractivity contribution in [1.29, 1.82) is 0 Å². The fourth-order valence-electron chi connectivity index (χ4n) is 7.35. The molecule has 0 heterocycles. The second-order valence-electron chi connectivity index (χ2n) is 15.1. The van der Waals surface area contributed by atoms with Crippen LogP contribution in [0.4, 0.5) is 0 Å². The number of hydrogen-bond acceptors (Lipinski definition) is 6. The Labute approximate surface area is 364 Å². The largest absolute Gasteiger partial charge is 2.00 e. The Hall–Kier alpha value is -1.52. The summed E-state index contributed by atoms with van der Waals surface area (Å²) in [7, 11) is -8.88. The molecule has 6 nitrogen and oxygen atoms in total. The van der Waals surface area contributed by atoms with Crippen molar-refractivity contribution < 1.29 is 25.9 Å². The van der Waals surface area contributed by atoms with Crippen molar-refractivity contribution in [3.8, 4) is 0 Å². The van der Waals surface area contributed by atoms with Crippen molar-refractivity contribution in [1.82, 2.24) is 0 Å². The Bertz CT molecular complexity index is 1740. The molecule has 0 N–H and O–H groups in total. The van der Waals surface area contributed by atoms with Gasteiger partial charge >= 0.3 is 37.7 Å². The number of benzene rings is 4. The summed E-state index contributed by atoms with van der Waals surface area (Å²) >= 11 is 0. The molecule has 0 saturated carbocycles. The molecule has 4 rings (SSSR count). The summed E-state index contributed by atoms with van der Waals surface area (Å²) < 4.78 is 69.9. The molecule has 9 heteroatoms. The molecule has 0 unspecified atom stereocenters. The van der Waals surface area contributed by atoms with Crippen LogP contribution in [-0.4, -0.2) is 63.7 Å². The van der Waals surface area contributed by atoms with Crippen LogP contribution >= 0.6 is 0 Å². The van der Waals surface area contributed by atoms with Crippen LogP contribution in [0.25, 0.3) is 21.5 Å². The summed E-state index contributed by atoms with van der Waals surface area (Å²) in [5.74, 6) is 0. The molecule has 4 aromatic carbocycles. The fourth-order valence-corrected chi connectivity index (χ4v) is 8.86. The van der Waals surface area contributed by atoms with Gasteiger partial charge in [-0.15, -0.1) is 0 Å². The molecule has 0 aliphatic rings. The average Bonchev–Trinajstić information content (AvgIpc) is 3.15. The molecule has 0 atom stereocenters. The standard InChI is InChI=1S/2C23H34O3S.Ca/c2*1-2-3-4-5-6-7-8-9-10-11-12-17-22-18-20-15-13-14-16-21(20)19-23(22)27(24,25)26;/h2*13-16,18-19H,2-12,17H2,1H3,(H,24,25,26);/q;;+2/p-2. The summed E-state index contributed by atoms with van der Waals surface area (Å²) in [6.45, 7) is 4.49. The van der Waals surface area contributed by atoms with Gasteiger partial charge in [0.05, 0.1) is 9.79 Å². The maximum Gasteiger partial charge on any atom is 2.00 e. The average molecular weight is 819 g/mol. The second kappa shape index (κ2) is 28.0. The second-order valence-corrected chi connectivity index (χ2v) is 17.8. The number of hydrogen-bond donors (Lipinski definition) is 0. The first-order valence-electron chi connectivity index (χ1n) is 21.0. The summed E-state index contributed by atoms with van der Waals surface area (Å²) in [5, 5.41) is 3.58. The van der Waals surface area contributed by atoms with Crippen LogP contribution in [0.1, 0.15) is 166 Å². The van der Waals surface area contributed by atoms with E-state index < -0.39 is 20.2 Å². The van der Waals surface area contributed by atoms with Gasteiger partial charge in [0.15, 0.2) is 0 Å². The van der Waals surface area contributed by atoms with Gasteiger partial charge in [-0.1, -0.05) is 191 Å². The molecule has 55 heavy (non-hydrogen) atoms. The van der Waals surface area contributed by atoms with E-state index in [-0.39, 0.29) is 47.5 Å². The molecule has 0 amide bonds. The molecule has 0 aliphatic carbocycles. The normalized spacial score (nSPS) is 11.7. The van der Waals surface area contributed by atoms with Crippen molar-refractivity contribution in [3.63, 3.8) is 0 Å². The third-order valence-electron chi connectivity index (χ3n) is 10.5. The number of rotatable bonds is 26. The van der Waals surface area contributed by atoms with Crippen molar-refractivity contribution in [2.45, 2.75) is 178 Å². The molecule has 300 valence electrons. The molecule has 0 fully saturated rings. The zero-order valence-electron chi connectivity index (χ0n) is 33.9. The third-order valence-corrected chi connectivity index (χ3v) is 12.3. The van der Waals surface area contributed by atoms with Gasteiger partial charge in [-0.3, -0.25) is 0 Å². The van der Waals surface area contributed by atoms with Gasteiger partial charge in [0.25, 0.3) is 0 Å². The molecule has 0 spiro atoms. The Morgan fingerprint density at radius 1 is 0.382 bits per heavy atom. The topological polar surface area (TPSA) is 114 Å². The summed E-state index contributed by atoms with van der Waals surface area (Å²) in [5.41, 5.74) is 1.33. The summed E-state index contributed by atoms with van der Waals surface area (Å²) in [6.07, 6.45) is 28.9. The van der Waals surface area contributed by atoms with E-state index in [0.717, 1.165) is 47.2 Å². The van der Waals surface area contributed by atoms with Crippen molar-refractivity contribution >= 4 is 79.5 Å². The first-order valence-corrected chi connectivity index (χ1v) is 23.8. The molecule has 4 aromatic rings. The Balaban J connectivity index is 0.000000373. The molecule has 0 bridgehead atoms. The van der Waals surface area contributed by atoms with E-state index in [4.69, 9.17) is 0 Å². The molecule has 0 aromatic heterocycles. The molecule has 0 saturated heterocycles.